The third-order valence-electron chi connectivity index (χ3n) is 3.30. The molecule has 2 N–H and O–H groups in total. The molecule has 0 atom stereocenters. The van der Waals surface area contributed by atoms with Gasteiger partial charge in [-0.3, -0.25) is 9.69 Å². The monoisotopic (exact) mass is 282 g/mol. The molecule has 0 radical (unpaired) electrons. The van der Waals surface area contributed by atoms with Crippen LogP contribution in [0.15, 0.2) is 24.3 Å². The quantitative estimate of drug-likeness (QED) is 0.868. The van der Waals surface area contributed by atoms with Crippen molar-refractivity contribution in [1.29, 1.82) is 0 Å². The predicted octanol–water partition coefficient (Wildman–Crippen LogP) is 1.98. The van der Waals surface area contributed by atoms with Crippen molar-refractivity contribution in [2.75, 3.05) is 25.5 Å². The fourth-order valence-electron chi connectivity index (χ4n) is 2.37. The Balaban J connectivity index is 1.74. The summed E-state index contributed by atoms with van der Waals surface area (Å²) < 4.78 is 0. The molecule has 0 aliphatic heterocycles. The maximum Gasteiger partial charge on any atom is 0.238 e. The highest BCUT2D eigenvalue weighted by molar-refractivity contribution is 6.30. The maximum absolute atomic E-state index is 11.8. The molecule has 0 unspecified atom stereocenters. The zero-order chi connectivity index (χ0) is 13.8. The molecule has 1 fully saturated rings. The number of nitrogens with zero attached hydrogens (tertiary/aromatic N) is 1. The summed E-state index contributed by atoms with van der Waals surface area (Å²) in [5, 5.41) is 12.6. The molecule has 0 saturated heterocycles. The number of halogens is 1. The molecule has 2 rings (SSSR count). The van der Waals surface area contributed by atoms with Crippen LogP contribution in [-0.2, 0) is 4.79 Å². The first-order valence-electron chi connectivity index (χ1n) is 6.45. The van der Waals surface area contributed by atoms with Crippen molar-refractivity contribution in [3.8, 4) is 0 Å². The number of rotatable bonds is 5. The van der Waals surface area contributed by atoms with E-state index in [2.05, 4.69) is 5.32 Å². The van der Waals surface area contributed by atoms with Gasteiger partial charge in [-0.25, -0.2) is 0 Å². The van der Waals surface area contributed by atoms with Gasteiger partial charge in [0.15, 0.2) is 0 Å². The number of hydrogen-bond donors (Lipinski definition) is 2. The number of nitrogens with one attached hydrogen (secondary N) is 1. The molecule has 19 heavy (non-hydrogen) atoms. The topological polar surface area (TPSA) is 52.6 Å². The van der Waals surface area contributed by atoms with Crippen LogP contribution in [0.4, 0.5) is 5.69 Å². The number of likely N-dealkylation sites (N-methyl/N-ethyl adjacent to an activating group) is 1. The van der Waals surface area contributed by atoms with Crippen LogP contribution >= 0.6 is 11.6 Å². The smallest absolute Gasteiger partial charge is 0.238 e. The Bertz CT molecular complexity index is 447. The Kier molecular flexibility index (Phi) is 4.80. The molecule has 0 bridgehead atoms. The Morgan fingerprint density at radius 3 is 2.89 bits per heavy atom. The zero-order valence-electron chi connectivity index (χ0n) is 11.0. The fourth-order valence-corrected chi connectivity index (χ4v) is 2.56. The highest BCUT2D eigenvalue weighted by Gasteiger charge is 2.28. The minimum atomic E-state index is -0.140. The molecule has 104 valence electrons. The van der Waals surface area contributed by atoms with Crippen molar-refractivity contribution in [2.45, 2.75) is 18.9 Å². The Morgan fingerprint density at radius 2 is 2.26 bits per heavy atom. The van der Waals surface area contributed by atoms with Crippen molar-refractivity contribution >= 4 is 23.2 Å². The molecule has 1 aromatic rings. The van der Waals surface area contributed by atoms with Gasteiger partial charge in [-0.15, -0.1) is 0 Å². The van der Waals surface area contributed by atoms with E-state index in [9.17, 15) is 9.90 Å². The number of amides is 1. The molecule has 4 nitrogen and oxygen atoms in total. The van der Waals surface area contributed by atoms with E-state index in [0.29, 0.717) is 23.2 Å². The molecular weight excluding hydrogens is 264 g/mol. The number of aliphatic hydroxyl groups is 1. The average molecular weight is 283 g/mol. The van der Waals surface area contributed by atoms with Gasteiger partial charge in [-0.1, -0.05) is 17.7 Å². The molecule has 1 aliphatic carbocycles. The van der Waals surface area contributed by atoms with Gasteiger partial charge < -0.3 is 10.4 Å². The molecule has 5 heteroatoms. The summed E-state index contributed by atoms with van der Waals surface area (Å²) in [6, 6.07) is 7.11. The highest BCUT2D eigenvalue weighted by atomic mass is 35.5. The van der Waals surface area contributed by atoms with Crippen LogP contribution in [0.1, 0.15) is 12.8 Å². The van der Waals surface area contributed by atoms with Crippen molar-refractivity contribution in [3.63, 3.8) is 0 Å². The Labute approximate surface area is 118 Å². The largest absolute Gasteiger partial charge is 0.393 e. The van der Waals surface area contributed by atoms with Gasteiger partial charge in [0.05, 0.1) is 12.6 Å². The minimum absolute atomic E-state index is 0.0513. The van der Waals surface area contributed by atoms with Crippen LogP contribution in [0.25, 0.3) is 0 Å². The molecular formula is C14H19ClN2O2. The van der Waals surface area contributed by atoms with Crippen molar-refractivity contribution in [2.24, 2.45) is 5.92 Å². The van der Waals surface area contributed by atoms with E-state index in [1.165, 1.54) is 0 Å². The molecule has 1 aromatic carbocycles. The van der Waals surface area contributed by atoms with Crippen molar-refractivity contribution in [3.05, 3.63) is 29.3 Å². The van der Waals surface area contributed by atoms with Gasteiger partial charge in [0.25, 0.3) is 0 Å². The summed E-state index contributed by atoms with van der Waals surface area (Å²) in [6.07, 6.45) is 1.55. The first-order chi connectivity index (χ1) is 9.02. The Hall–Kier alpha value is -1.10. The molecule has 1 aliphatic rings. The van der Waals surface area contributed by atoms with Gasteiger partial charge in [0.2, 0.25) is 5.91 Å². The van der Waals surface area contributed by atoms with E-state index in [1.807, 2.05) is 18.0 Å². The van der Waals surface area contributed by atoms with E-state index >= 15 is 0 Å². The molecule has 1 amide bonds. The summed E-state index contributed by atoms with van der Waals surface area (Å²) in [5.41, 5.74) is 0.713. The molecule has 1 saturated carbocycles. The normalized spacial score (nSPS) is 22.1. The standard InChI is InChI=1S/C14H19ClN2O2/c1-17(8-10-5-13(18)6-10)9-14(19)16-12-4-2-3-11(15)7-12/h2-4,7,10,13,18H,5-6,8-9H2,1H3,(H,16,19). The first-order valence-corrected chi connectivity index (χ1v) is 6.83. The third-order valence-corrected chi connectivity index (χ3v) is 3.54. The lowest BCUT2D eigenvalue weighted by atomic mass is 9.82. The van der Waals surface area contributed by atoms with Gasteiger partial charge in [0.1, 0.15) is 0 Å². The molecule has 0 spiro atoms. The van der Waals surface area contributed by atoms with Crippen LogP contribution in [0.2, 0.25) is 5.02 Å². The summed E-state index contributed by atoms with van der Waals surface area (Å²) in [5.74, 6) is 0.462. The second kappa shape index (κ2) is 6.37. The number of carbonyl (C=O) groups is 1. The summed E-state index contributed by atoms with van der Waals surface area (Å²) in [6.45, 7) is 1.19. The van der Waals surface area contributed by atoms with Gasteiger partial charge in [-0.05, 0) is 44.0 Å². The third kappa shape index (κ3) is 4.49. The summed E-state index contributed by atoms with van der Waals surface area (Å²) >= 11 is 5.86. The fraction of sp³-hybridized carbons (Fsp3) is 0.500. The predicted molar refractivity (Wildman–Crippen MR) is 76.3 cm³/mol. The zero-order valence-corrected chi connectivity index (χ0v) is 11.7. The minimum Gasteiger partial charge on any atom is -0.393 e. The van der Waals surface area contributed by atoms with Crippen molar-refractivity contribution < 1.29 is 9.90 Å². The lowest BCUT2D eigenvalue weighted by Crippen LogP contribution is -2.39. The molecule has 0 aromatic heterocycles. The van der Waals surface area contributed by atoms with Gasteiger partial charge in [-0.2, -0.15) is 0 Å². The first kappa shape index (κ1) is 14.3. The number of carbonyl (C=O) groups excluding carboxylic acids is 1. The van der Waals surface area contributed by atoms with E-state index in [0.717, 1.165) is 19.4 Å². The number of benzene rings is 1. The second-order valence-corrected chi connectivity index (χ2v) is 5.68. The highest BCUT2D eigenvalue weighted by Crippen LogP contribution is 2.27. The number of aliphatic hydroxyl groups excluding tert-OH is 1. The average Bonchev–Trinajstić information content (AvgIpc) is 2.26. The SMILES string of the molecule is CN(CC(=O)Nc1cccc(Cl)c1)CC1CC(O)C1. The summed E-state index contributed by atoms with van der Waals surface area (Å²) in [7, 11) is 1.92. The van der Waals surface area contributed by atoms with E-state index in [1.54, 1.807) is 18.2 Å². The number of hydrogen-bond acceptors (Lipinski definition) is 3. The van der Waals surface area contributed by atoms with Gasteiger partial charge in [0, 0.05) is 17.3 Å². The van der Waals surface area contributed by atoms with Crippen LogP contribution < -0.4 is 5.32 Å². The summed E-state index contributed by atoms with van der Waals surface area (Å²) in [4.78, 5) is 13.8. The maximum atomic E-state index is 11.8. The Morgan fingerprint density at radius 1 is 1.53 bits per heavy atom. The van der Waals surface area contributed by atoms with Crippen molar-refractivity contribution in [1.82, 2.24) is 4.90 Å². The van der Waals surface area contributed by atoms with Crippen LogP contribution in [0, 0.1) is 5.92 Å². The number of anilines is 1. The van der Waals surface area contributed by atoms with E-state index < -0.39 is 0 Å². The van der Waals surface area contributed by atoms with Crippen LogP contribution in [0.3, 0.4) is 0 Å². The van der Waals surface area contributed by atoms with E-state index in [-0.39, 0.29) is 12.0 Å². The van der Waals surface area contributed by atoms with E-state index in [4.69, 9.17) is 11.6 Å². The van der Waals surface area contributed by atoms with Crippen LogP contribution in [0.5, 0.6) is 0 Å². The van der Waals surface area contributed by atoms with Crippen LogP contribution in [-0.4, -0.2) is 42.2 Å². The second-order valence-electron chi connectivity index (χ2n) is 5.25. The lowest BCUT2D eigenvalue weighted by molar-refractivity contribution is -0.117. The van der Waals surface area contributed by atoms with Gasteiger partial charge >= 0.3 is 0 Å². The lowest BCUT2D eigenvalue weighted by Gasteiger charge is -2.34. The molecule has 0 heterocycles.